The highest BCUT2D eigenvalue weighted by atomic mass is 79.9. The zero-order chi connectivity index (χ0) is 15.3. The average Bonchev–Trinajstić information content (AvgIpc) is 2.35. The van der Waals surface area contributed by atoms with Crippen LogP contribution in [0.1, 0.15) is 30.6 Å². The minimum atomic E-state index is -0.544. The van der Waals surface area contributed by atoms with Crippen molar-refractivity contribution in [2.75, 3.05) is 13.2 Å². The summed E-state index contributed by atoms with van der Waals surface area (Å²) in [6, 6.07) is 4.10. The first-order valence-corrected chi connectivity index (χ1v) is 6.88. The van der Waals surface area contributed by atoms with Crippen molar-refractivity contribution in [2.24, 2.45) is 5.41 Å². The molecule has 0 aliphatic heterocycles. The maximum Gasteiger partial charge on any atom is 0.271 e. The Hall–Kier alpha value is -1.47. The van der Waals surface area contributed by atoms with E-state index in [0.29, 0.717) is 17.4 Å². The molecule has 2 N–H and O–H groups in total. The predicted octanol–water partition coefficient (Wildman–Crippen LogP) is 2.50. The van der Waals surface area contributed by atoms with Crippen LogP contribution in [0.2, 0.25) is 0 Å². The molecule has 7 heteroatoms. The van der Waals surface area contributed by atoms with Gasteiger partial charge in [-0.25, -0.2) is 0 Å². The van der Waals surface area contributed by atoms with Crippen LogP contribution in [-0.2, 0) is 0 Å². The third-order valence-corrected chi connectivity index (χ3v) is 3.33. The van der Waals surface area contributed by atoms with E-state index in [1.165, 1.54) is 18.2 Å². The first-order valence-electron chi connectivity index (χ1n) is 6.09. The molecule has 0 atom stereocenters. The van der Waals surface area contributed by atoms with Crippen LogP contribution in [-0.4, -0.2) is 29.1 Å². The topological polar surface area (TPSA) is 92.5 Å². The third-order valence-electron chi connectivity index (χ3n) is 2.87. The van der Waals surface area contributed by atoms with Gasteiger partial charge >= 0.3 is 0 Å². The molecule has 6 nitrogen and oxygen atoms in total. The van der Waals surface area contributed by atoms with Crippen LogP contribution in [0.5, 0.6) is 0 Å². The standard InChI is InChI=1S/C13H17BrN2O4/c1-13(2,3-4-17)8-15-12(18)9-5-10(14)7-11(6-9)16(19)20/h5-7,17H,3-4,8H2,1-2H3,(H,15,18). The fraction of sp³-hybridized carbons (Fsp3) is 0.462. The van der Waals surface area contributed by atoms with E-state index in [4.69, 9.17) is 5.11 Å². The summed E-state index contributed by atoms with van der Waals surface area (Å²) in [6.07, 6.45) is 0.561. The highest BCUT2D eigenvalue weighted by molar-refractivity contribution is 9.10. The molecule has 1 aromatic rings. The summed E-state index contributed by atoms with van der Waals surface area (Å²) in [6.45, 7) is 4.28. The molecule has 20 heavy (non-hydrogen) atoms. The molecule has 0 saturated heterocycles. The van der Waals surface area contributed by atoms with Gasteiger partial charge in [-0.3, -0.25) is 14.9 Å². The van der Waals surface area contributed by atoms with Crippen molar-refractivity contribution in [1.29, 1.82) is 0 Å². The van der Waals surface area contributed by atoms with Gasteiger partial charge < -0.3 is 10.4 Å². The number of halogens is 1. The number of nitrogens with one attached hydrogen (secondary N) is 1. The molecule has 0 heterocycles. The molecule has 0 aromatic heterocycles. The number of aliphatic hydroxyl groups excluding tert-OH is 1. The lowest BCUT2D eigenvalue weighted by Crippen LogP contribution is -2.34. The van der Waals surface area contributed by atoms with Gasteiger partial charge in [-0.05, 0) is 17.9 Å². The highest BCUT2D eigenvalue weighted by Gasteiger charge is 2.20. The predicted molar refractivity (Wildman–Crippen MR) is 78.6 cm³/mol. The maximum atomic E-state index is 12.0. The van der Waals surface area contributed by atoms with Gasteiger partial charge in [-0.1, -0.05) is 29.8 Å². The minimum absolute atomic E-state index is 0.0469. The number of non-ortho nitro benzene ring substituents is 1. The Labute approximate surface area is 125 Å². The molecule has 1 aromatic carbocycles. The van der Waals surface area contributed by atoms with E-state index in [-0.39, 0.29) is 29.2 Å². The van der Waals surface area contributed by atoms with Crippen molar-refractivity contribution in [1.82, 2.24) is 5.32 Å². The van der Waals surface area contributed by atoms with E-state index in [9.17, 15) is 14.9 Å². The summed E-state index contributed by atoms with van der Waals surface area (Å²) in [5.41, 5.74) is -0.146. The molecule has 0 bridgehead atoms. The average molecular weight is 345 g/mol. The number of nitrogens with zero attached hydrogens (tertiary/aromatic N) is 1. The van der Waals surface area contributed by atoms with Crippen molar-refractivity contribution in [2.45, 2.75) is 20.3 Å². The second-order valence-electron chi connectivity index (χ2n) is 5.28. The van der Waals surface area contributed by atoms with Crippen LogP contribution < -0.4 is 5.32 Å². The van der Waals surface area contributed by atoms with E-state index in [0.717, 1.165) is 0 Å². The summed E-state index contributed by atoms with van der Waals surface area (Å²) >= 11 is 3.15. The Morgan fingerprint density at radius 1 is 1.45 bits per heavy atom. The second kappa shape index (κ2) is 6.81. The van der Waals surface area contributed by atoms with Crippen molar-refractivity contribution in [3.63, 3.8) is 0 Å². The van der Waals surface area contributed by atoms with Crippen molar-refractivity contribution in [3.8, 4) is 0 Å². The normalized spacial score (nSPS) is 11.2. The molecule has 0 fully saturated rings. The van der Waals surface area contributed by atoms with Crippen molar-refractivity contribution < 1.29 is 14.8 Å². The number of hydrogen-bond donors (Lipinski definition) is 2. The van der Waals surface area contributed by atoms with Gasteiger partial charge in [0, 0.05) is 35.3 Å². The number of amides is 1. The molecule has 0 radical (unpaired) electrons. The summed E-state index contributed by atoms with van der Waals surface area (Å²) < 4.78 is 0.478. The van der Waals surface area contributed by atoms with Gasteiger partial charge in [0.2, 0.25) is 0 Å². The Morgan fingerprint density at radius 2 is 2.10 bits per heavy atom. The second-order valence-corrected chi connectivity index (χ2v) is 6.19. The summed E-state index contributed by atoms with van der Waals surface area (Å²) in [4.78, 5) is 22.2. The Kier molecular flexibility index (Phi) is 5.64. The monoisotopic (exact) mass is 344 g/mol. The molecule has 1 amide bonds. The first-order chi connectivity index (χ1) is 9.25. The number of carbonyl (C=O) groups is 1. The molecule has 0 unspecified atom stereocenters. The fourth-order valence-electron chi connectivity index (χ4n) is 1.62. The van der Waals surface area contributed by atoms with Gasteiger partial charge in [0.25, 0.3) is 11.6 Å². The Morgan fingerprint density at radius 3 is 2.65 bits per heavy atom. The number of nitro benzene ring substituents is 1. The van der Waals surface area contributed by atoms with E-state index in [1.807, 2.05) is 13.8 Å². The summed E-state index contributed by atoms with van der Waals surface area (Å²) in [5.74, 6) is -0.375. The van der Waals surface area contributed by atoms with Gasteiger partial charge in [0.1, 0.15) is 0 Å². The van der Waals surface area contributed by atoms with Crippen LogP contribution in [0.3, 0.4) is 0 Å². The van der Waals surface area contributed by atoms with Crippen LogP contribution >= 0.6 is 15.9 Å². The van der Waals surface area contributed by atoms with Gasteiger partial charge in [0.15, 0.2) is 0 Å². The van der Waals surface area contributed by atoms with E-state index in [1.54, 1.807) is 0 Å². The van der Waals surface area contributed by atoms with E-state index in [2.05, 4.69) is 21.2 Å². The number of benzene rings is 1. The maximum absolute atomic E-state index is 12.0. The minimum Gasteiger partial charge on any atom is -0.396 e. The lowest BCUT2D eigenvalue weighted by molar-refractivity contribution is -0.385. The van der Waals surface area contributed by atoms with E-state index >= 15 is 0 Å². The number of rotatable bonds is 6. The quantitative estimate of drug-likeness (QED) is 0.612. The zero-order valence-electron chi connectivity index (χ0n) is 11.4. The van der Waals surface area contributed by atoms with Crippen LogP contribution in [0.15, 0.2) is 22.7 Å². The molecular weight excluding hydrogens is 328 g/mol. The molecule has 0 saturated carbocycles. The Balaban J connectivity index is 2.80. The lowest BCUT2D eigenvalue weighted by atomic mass is 9.89. The number of aliphatic hydroxyl groups is 1. The van der Waals surface area contributed by atoms with E-state index < -0.39 is 4.92 Å². The van der Waals surface area contributed by atoms with Crippen molar-refractivity contribution >= 4 is 27.5 Å². The van der Waals surface area contributed by atoms with Gasteiger partial charge in [-0.2, -0.15) is 0 Å². The first kappa shape index (κ1) is 16.6. The molecule has 1 rings (SSSR count). The van der Waals surface area contributed by atoms with Gasteiger partial charge in [-0.15, -0.1) is 0 Å². The smallest absolute Gasteiger partial charge is 0.271 e. The fourth-order valence-corrected chi connectivity index (χ4v) is 2.10. The molecule has 110 valence electrons. The Bertz CT molecular complexity index is 517. The highest BCUT2D eigenvalue weighted by Crippen LogP contribution is 2.22. The molecule has 0 aliphatic rings. The molecule has 0 spiro atoms. The number of carbonyl (C=O) groups excluding carboxylic acids is 1. The molecular formula is C13H17BrN2O4. The SMILES string of the molecule is CC(C)(CCO)CNC(=O)c1cc(Br)cc([N+](=O)[O-])c1. The number of nitro groups is 1. The largest absolute Gasteiger partial charge is 0.396 e. The summed E-state index contributed by atoms with van der Waals surface area (Å²) in [5, 5.41) is 22.4. The van der Waals surface area contributed by atoms with Crippen LogP contribution in [0, 0.1) is 15.5 Å². The van der Waals surface area contributed by atoms with Crippen LogP contribution in [0.25, 0.3) is 0 Å². The summed E-state index contributed by atoms with van der Waals surface area (Å²) in [7, 11) is 0. The zero-order valence-corrected chi connectivity index (χ0v) is 12.9. The van der Waals surface area contributed by atoms with Crippen LogP contribution in [0.4, 0.5) is 5.69 Å². The number of hydrogen-bond acceptors (Lipinski definition) is 4. The van der Waals surface area contributed by atoms with Crippen molar-refractivity contribution in [3.05, 3.63) is 38.3 Å². The van der Waals surface area contributed by atoms with Gasteiger partial charge in [0.05, 0.1) is 4.92 Å². The lowest BCUT2D eigenvalue weighted by Gasteiger charge is -2.23. The third kappa shape index (κ3) is 4.90. The molecule has 0 aliphatic carbocycles.